The number of anilines is 1. The zero-order chi connectivity index (χ0) is 14.9. The van der Waals surface area contributed by atoms with E-state index in [1.807, 2.05) is 24.7 Å². The Labute approximate surface area is 131 Å². The topological polar surface area (TPSA) is 45.2 Å². The molecule has 0 amide bonds. The van der Waals surface area contributed by atoms with Crippen LogP contribution in [0.25, 0.3) is 0 Å². The van der Waals surface area contributed by atoms with Crippen LogP contribution in [0.15, 0.2) is 37.1 Å². The van der Waals surface area contributed by atoms with Crippen LogP contribution in [0, 0.1) is 18.8 Å². The van der Waals surface area contributed by atoms with Gasteiger partial charge in [0.15, 0.2) is 0 Å². The monoisotopic (exact) mass is 295 g/mol. The molecule has 4 rings (SSSR count). The maximum Gasteiger partial charge on any atom is 0.134 e. The molecule has 22 heavy (non-hydrogen) atoms. The van der Waals surface area contributed by atoms with Crippen LogP contribution in [0.2, 0.25) is 0 Å². The average molecular weight is 295 g/mol. The van der Waals surface area contributed by atoms with Crippen LogP contribution in [0.1, 0.15) is 11.1 Å². The summed E-state index contributed by atoms with van der Waals surface area (Å²) in [6.45, 7) is 7.71. The highest BCUT2D eigenvalue weighted by Gasteiger charge is 2.40. The summed E-state index contributed by atoms with van der Waals surface area (Å²) in [4.78, 5) is 17.8. The molecule has 5 heteroatoms. The highest BCUT2D eigenvalue weighted by atomic mass is 15.3. The number of aryl methyl sites for hydroxylation is 1. The van der Waals surface area contributed by atoms with Gasteiger partial charge >= 0.3 is 0 Å². The van der Waals surface area contributed by atoms with Gasteiger partial charge < -0.3 is 4.90 Å². The molecule has 0 N–H and O–H groups in total. The molecule has 4 heterocycles. The largest absolute Gasteiger partial charge is 0.356 e. The Hall–Kier alpha value is -2.01. The molecule has 2 aromatic heterocycles. The number of fused-ring (bicyclic) bond motifs is 1. The fourth-order valence-electron chi connectivity index (χ4n) is 3.87. The first-order chi connectivity index (χ1) is 10.8. The fourth-order valence-corrected chi connectivity index (χ4v) is 3.87. The van der Waals surface area contributed by atoms with E-state index in [4.69, 9.17) is 0 Å². The molecule has 2 unspecified atom stereocenters. The predicted molar refractivity (Wildman–Crippen MR) is 85.5 cm³/mol. The Morgan fingerprint density at radius 3 is 2.59 bits per heavy atom. The molecule has 0 aliphatic carbocycles. The second-order valence-corrected chi connectivity index (χ2v) is 6.51. The van der Waals surface area contributed by atoms with Crippen LogP contribution in [-0.2, 0) is 6.54 Å². The highest BCUT2D eigenvalue weighted by molar-refractivity contribution is 5.46. The number of likely N-dealkylation sites (tertiary alicyclic amines) is 1. The van der Waals surface area contributed by atoms with Crippen molar-refractivity contribution >= 4 is 5.82 Å². The van der Waals surface area contributed by atoms with E-state index in [1.54, 1.807) is 6.33 Å². The maximum absolute atomic E-state index is 4.47. The third-order valence-electron chi connectivity index (χ3n) is 4.86. The van der Waals surface area contributed by atoms with Gasteiger partial charge in [-0.2, -0.15) is 0 Å². The molecular weight excluding hydrogens is 274 g/mol. The van der Waals surface area contributed by atoms with E-state index in [9.17, 15) is 0 Å². The first kappa shape index (κ1) is 13.6. The standard InChI is InChI=1S/C17H21N5/c1-13-5-19-12-20-17(13)22-10-15-8-21(9-16(15)11-22)7-14-3-2-4-18-6-14/h2-6,12,15-16H,7-11H2,1H3. The van der Waals surface area contributed by atoms with Gasteiger partial charge in [-0.1, -0.05) is 6.07 Å². The number of hydrogen-bond acceptors (Lipinski definition) is 5. The SMILES string of the molecule is Cc1cncnc1N1CC2CN(Cc3cccnc3)CC2C1. The van der Waals surface area contributed by atoms with E-state index in [0.29, 0.717) is 0 Å². The third kappa shape index (κ3) is 2.57. The van der Waals surface area contributed by atoms with Crippen molar-refractivity contribution in [2.45, 2.75) is 13.5 Å². The van der Waals surface area contributed by atoms with Gasteiger partial charge in [0.1, 0.15) is 12.1 Å². The first-order valence-electron chi connectivity index (χ1n) is 7.92. The Balaban J connectivity index is 1.40. The van der Waals surface area contributed by atoms with Gasteiger partial charge in [-0.3, -0.25) is 9.88 Å². The average Bonchev–Trinajstić information content (AvgIpc) is 3.07. The molecule has 2 atom stereocenters. The van der Waals surface area contributed by atoms with E-state index < -0.39 is 0 Å². The van der Waals surface area contributed by atoms with Gasteiger partial charge in [-0.15, -0.1) is 0 Å². The normalized spacial score (nSPS) is 24.7. The van der Waals surface area contributed by atoms with Gasteiger partial charge in [0.2, 0.25) is 0 Å². The van der Waals surface area contributed by atoms with Crippen LogP contribution >= 0.6 is 0 Å². The molecule has 2 saturated heterocycles. The molecule has 0 aromatic carbocycles. The Kier molecular flexibility index (Phi) is 3.50. The third-order valence-corrected chi connectivity index (χ3v) is 4.86. The van der Waals surface area contributed by atoms with Crippen molar-refractivity contribution in [3.05, 3.63) is 48.2 Å². The van der Waals surface area contributed by atoms with Gasteiger partial charge in [-0.25, -0.2) is 9.97 Å². The van der Waals surface area contributed by atoms with Crippen molar-refractivity contribution in [3.63, 3.8) is 0 Å². The van der Waals surface area contributed by atoms with Crippen molar-refractivity contribution in [2.75, 3.05) is 31.1 Å². The predicted octanol–water partition coefficient (Wildman–Crippen LogP) is 1.75. The van der Waals surface area contributed by atoms with Gasteiger partial charge in [-0.05, 0) is 30.4 Å². The van der Waals surface area contributed by atoms with E-state index in [0.717, 1.165) is 37.3 Å². The molecule has 0 saturated carbocycles. The zero-order valence-corrected chi connectivity index (χ0v) is 12.9. The maximum atomic E-state index is 4.47. The smallest absolute Gasteiger partial charge is 0.134 e. The van der Waals surface area contributed by atoms with Crippen molar-refractivity contribution < 1.29 is 0 Å². The van der Waals surface area contributed by atoms with Crippen LogP contribution in [0.3, 0.4) is 0 Å². The number of hydrogen-bond donors (Lipinski definition) is 0. The molecule has 5 nitrogen and oxygen atoms in total. The summed E-state index contributed by atoms with van der Waals surface area (Å²) in [5.74, 6) is 2.63. The summed E-state index contributed by atoms with van der Waals surface area (Å²) >= 11 is 0. The lowest BCUT2D eigenvalue weighted by molar-refractivity contribution is 0.308. The molecule has 2 aliphatic rings. The van der Waals surface area contributed by atoms with Crippen molar-refractivity contribution in [1.82, 2.24) is 19.9 Å². The minimum Gasteiger partial charge on any atom is -0.356 e. The van der Waals surface area contributed by atoms with Crippen molar-refractivity contribution in [3.8, 4) is 0 Å². The molecular formula is C17H21N5. The van der Waals surface area contributed by atoms with Gasteiger partial charge in [0, 0.05) is 56.9 Å². The Bertz CT molecular complexity index is 631. The summed E-state index contributed by atoms with van der Waals surface area (Å²) in [6.07, 6.45) is 7.38. The second-order valence-electron chi connectivity index (χ2n) is 6.51. The lowest BCUT2D eigenvalue weighted by Crippen LogP contribution is -2.29. The number of pyridine rings is 1. The molecule has 0 radical (unpaired) electrons. The summed E-state index contributed by atoms with van der Waals surface area (Å²) in [5, 5.41) is 0. The molecule has 114 valence electrons. The van der Waals surface area contributed by atoms with Gasteiger partial charge in [0.05, 0.1) is 0 Å². The molecule has 0 bridgehead atoms. The van der Waals surface area contributed by atoms with Crippen LogP contribution < -0.4 is 4.90 Å². The lowest BCUT2D eigenvalue weighted by atomic mass is 10.0. The summed E-state index contributed by atoms with van der Waals surface area (Å²) in [5.41, 5.74) is 2.49. The van der Waals surface area contributed by atoms with E-state index >= 15 is 0 Å². The minimum atomic E-state index is 0.756. The Morgan fingerprint density at radius 1 is 1.09 bits per heavy atom. The number of aromatic nitrogens is 3. The van der Waals surface area contributed by atoms with Crippen LogP contribution in [0.5, 0.6) is 0 Å². The first-order valence-corrected chi connectivity index (χ1v) is 7.92. The molecule has 2 aliphatic heterocycles. The summed E-state index contributed by atoms with van der Waals surface area (Å²) < 4.78 is 0. The molecule has 0 spiro atoms. The van der Waals surface area contributed by atoms with Gasteiger partial charge in [0.25, 0.3) is 0 Å². The fraction of sp³-hybridized carbons (Fsp3) is 0.471. The quantitative estimate of drug-likeness (QED) is 0.863. The minimum absolute atomic E-state index is 0.756. The van der Waals surface area contributed by atoms with E-state index in [2.05, 4.69) is 37.7 Å². The molecule has 2 fully saturated rings. The van der Waals surface area contributed by atoms with Crippen LogP contribution in [-0.4, -0.2) is 46.0 Å². The molecule has 2 aromatic rings. The summed E-state index contributed by atoms with van der Waals surface area (Å²) in [6, 6.07) is 4.18. The number of rotatable bonds is 3. The lowest BCUT2D eigenvalue weighted by Gasteiger charge is -2.23. The van der Waals surface area contributed by atoms with E-state index in [-0.39, 0.29) is 0 Å². The van der Waals surface area contributed by atoms with Crippen molar-refractivity contribution in [1.29, 1.82) is 0 Å². The second kappa shape index (κ2) is 5.65. The highest BCUT2D eigenvalue weighted by Crippen LogP contribution is 2.34. The number of nitrogens with zero attached hydrogens (tertiary/aromatic N) is 5. The van der Waals surface area contributed by atoms with E-state index in [1.165, 1.54) is 24.2 Å². The zero-order valence-electron chi connectivity index (χ0n) is 12.9. The van der Waals surface area contributed by atoms with Crippen molar-refractivity contribution in [2.24, 2.45) is 11.8 Å². The summed E-state index contributed by atoms with van der Waals surface area (Å²) in [7, 11) is 0. The Morgan fingerprint density at radius 2 is 1.91 bits per heavy atom. The van der Waals surface area contributed by atoms with Crippen LogP contribution in [0.4, 0.5) is 5.82 Å².